The van der Waals surface area contributed by atoms with E-state index in [2.05, 4.69) is 15.0 Å². The van der Waals surface area contributed by atoms with Gasteiger partial charge in [0.25, 0.3) is 0 Å². The molecule has 1 aromatic carbocycles. The first-order valence-corrected chi connectivity index (χ1v) is 7.33. The van der Waals surface area contributed by atoms with Crippen LogP contribution in [0.15, 0.2) is 18.2 Å². The number of nitrogens with zero attached hydrogens (tertiary/aromatic N) is 4. The van der Waals surface area contributed by atoms with E-state index in [4.69, 9.17) is 28.9 Å². The van der Waals surface area contributed by atoms with Crippen molar-refractivity contribution in [1.29, 1.82) is 0 Å². The number of piperidine rings is 1. The molecule has 3 rings (SSSR count). The fourth-order valence-electron chi connectivity index (χ4n) is 2.37. The fraction of sp³-hybridized carbons (Fsp3) is 0.385. The first-order chi connectivity index (χ1) is 9.65. The summed E-state index contributed by atoms with van der Waals surface area (Å²) in [5.41, 5.74) is 6.64. The highest BCUT2D eigenvalue weighted by Gasteiger charge is 2.18. The topological polar surface area (TPSA) is 60.0 Å². The molecule has 0 bridgehead atoms. The Morgan fingerprint density at radius 1 is 1.10 bits per heavy atom. The van der Waals surface area contributed by atoms with Gasteiger partial charge in [-0.25, -0.2) is 0 Å². The van der Waals surface area contributed by atoms with Crippen LogP contribution in [-0.2, 0) is 0 Å². The lowest BCUT2D eigenvalue weighted by Gasteiger charge is -2.24. The monoisotopic (exact) mass is 311 g/mol. The van der Waals surface area contributed by atoms with Crippen molar-refractivity contribution in [2.45, 2.75) is 19.3 Å². The third-order valence-corrected chi connectivity index (χ3v) is 3.94. The van der Waals surface area contributed by atoms with Crippen LogP contribution in [0.3, 0.4) is 0 Å². The minimum Gasteiger partial charge on any atom is -0.368 e. The van der Waals surface area contributed by atoms with Gasteiger partial charge < -0.3 is 10.6 Å². The molecule has 0 atom stereocenters. The molecular formula is C13H15Cl2N5. The molecule has 1 aliphatic rings. The van der Waals surface area contributed by atoms with Gasteiger partial charge in [-0.05, 0) is 37.5 Å². The van der Waals surface area contributed by atoms with E-state index in [1.807, 2.05) is 0 Å². The molecule has 1 fully saturated rings. The second-order valence-corrected chi connectivity index (χ2v) is 5.67. The Morgan fingerprint density at radius 2 is 1.85 bits per heavy atom. The molecule has 2 N–H and O–H groups in total. The van der Waals surface area contributed by atoms with Gasteiger partial charge >= 0.3 is 0 Å². The smallest absolute Gasteiger partial charge is 0.246 e. The summed E-state index contributed by atoms with van der Waals surface area (Å²) in [6, 6.07) is 5.21. The highest BCUT2D eigenvalue weighted by Crippen LogP contribution is 2.27. The van der Waals surface area contributed by atoms with E-state index in [1.165, 1.54) is 6.42 Å². The lowest BCUT2D eigenvalue weighted by molar-refractivity contribution is 0.568. The molecule has 20 heavy (non-hydrogen) atoms. The van der Waals surface area contributed by atoms with E-state index < -0.39 is 0 Å². The van der Waals surface area contributed by atoms with Crippen LogP contribution in [0.2, 0.25) is 10.0 Å². The number of rotatable bonds is 2. The van der Waals surface area contributed by atoms with E-state index in [0.717, 1.165) is 25.9 Å². The van der Waals surface area contributed by atoms with Gasteiger partial charge in [-0.1, -0.05) is 23.2 Å². The predicted octanol–water partition coefficient (Wildman–Crippen LogP) is 3.15. The largest absolute Gasteiger partial charge is 0.368 e. The summed E-state index contributed by atoms with van der Waals surface area (Å²) in [7, 11) is 0. The standard InChI is InChI=1S/C13H15Cl2N5/c14-9-4-5-11(10(15)8-9)20-12(16)17-13(18-20)19-6-2-1-3-7-19/h4-5,8H,1-3,6-7H2,(H2,16,17,18). The third kappa shape index (κ3) is 2.55. The second-order valence-electron chi connectivity index (χ2n) is 4.83. The molecule has 0 saturated carbocycles. The Bertz CT molecular complexity index is 619. The molecule has 0 radical (unpaired) electrons. The van der Waals surface area contributed by atoms with Crippen LogP contribution in [0.25, 0.3) is 5.69 Å². The molecule has 5 nitrogen and oxygen atoms in total. The molecule has 2 heterocycles. The first-order valence-electron chi connectivity index (χ1n) is 6.58. The number of nitrogens with two attached hydrogens (primary N) is 1. The lowest BCUT2D eigenvalue weighted by Crippen LogP contribution is -2.30. The van der Waals surface area contributed by atoms with Gasteiger partial charge in [0.05, 0.1) is 10.7 Å². The summed E-state index contributed by atoms with van der Waals surface area (Å²) < 4.78 is 1.56. The van der Waals surface area contributed by atoms with Crippen LogP contribution < -0.4 is 10.6 Å². The average Bonchev–Trinajstić information content (AvgIpc) is 2.82. The van der Waals surface area contributed by atoms with E-state index in [1.54, 1.807) is 22.9 Å². The normalized spacial score (nSPS) is 15.6. The molecule has 2 aromatic rings. The first kappa shape index (κ1) is 13.5. The van der Waals surface area contributed by atoms with Crippen molar-refractivity contribution in [3.05, 3.63) is 28.2 Å². The zero-order valence-electron chi connectivity index (χ0n) is 10.9. The molecule has 0 spiro atoms. The zero-order chi connectivity index (χ0) is 14.1. The minimum atomic E-state index is 0.329. The maximum Gasteiger partial charge on any atom is 0.246 e. The zero-order valence-corrected chi connectivity index (χ0v) is 12.4. The van der Waals surface area contributed by atoms with Gasteiger partial charge in [0.2, 0.25) is 11.9 Å². The highest BCUT2D eigenvalue weighted by molar-refractivity contribution is 6.35. The van der Waals surface area contributed by atoms with E-state index in [9.17, 15) is 0 Å². The summed E-state index contributed by atoms with van der Waals surface area (Å²) in [4.78, 5) is 6.49. The van der Waals surface area contributed by atoms with Gasteiger partial charge in [-0.15, -0.1) is 5.10 Å². The Morgan fingerprint density at radius 3 is 2.55 bits per heavy atom. The van der Waals surface area contributed by atoms with Crippen LogP contribution in [0, 0.1) is 0 Å². The van der Waals surface area contributed by atoms with Crippen molar-refractivity contribution in [2.24, 2.45) is 0 Å². The number of benzene rings is 1. The molecule has 0 unspecified atom stereocenters. The number of aromatic nitrogens is 3. The highest BCUT2D eigenvalue weighted by atomic mass is 35.5. The number of nitrogen functional groups attached to an aromatic ring is 1. The minimum absolute atomic E-state index is 0.329. The molecule has 0 amide bonds. The Balaban J connectivity index is 1.95. The molecule has 1 aliphatic heterocycles. The third-order valence-electron chi connectivity index (χ3n) is 3.40. The molecule has 0 aliphatic carbocycles. The van der Waals surface area contributed by atoms with E-state index in [0.29, 0.717) is 27.6 Å². The molecule has 1 aromatic heterocycles. The van der Waals surface area contributed by atoms with Gasteiger partial charge in [-0.3, -0.25) is 0 Å². The maximum absolute atomic E-state index is 6.19. The Hall–Kier alpha value is -1.46. The molecule has 7 heteroatoms. The summed E-state index contributed by atoms with van der Waals surface area (Å²) >= 11 is 12.1. The van der Waals surface area contributed by atoms with Crippen LogP contribution in [-0.4, -0.2) is 27.9 Å². The summed E-state index contributed by atoms with van der Waals surface area (Å²) in [6.45, 7) is 1.94. The lowest BCUT2D eigenvalue weighted by atomic mass is 10.1. The molecule has 106 valence electrons. The average molecular weight is 312 g/mol. The van der Waals surface area contributed by atoms with Gasteiger partial charge in [0.15, 0.2) is 0 Å². The molecular weight excluding hydrogens is 297 g/mol. The Kier molecular flexibility index (Phi) is 3.72. The molecule has 1 saturated heterocycles. The van der Waals surface area contributed by atoms with E-state index >= 15 is 0 Å². The van der Waals surface area contributed by atoms with Crippen molar-refractivity contribution in [3.8, 4) is 5.69 Å². The van der Waals surface area contributed by atoms with E-state index in [-0.39, 0.29) is 0 Å². The number of halogens is 2. The summed E-state index contributed by atoms with van der Waals surface area (Å²) in [5, 5.41) is 5.55. The number of hydrogen-bond acceptors (Lipinski definition) is 4. The summed E-state index contributed by atoms with van der Waals surface area (Å²) in [6.07, 6.45) is 3.59. The quantitative estimate of drug-likeness (QED) is 0.925. The van der Waals surface area contributed by atoms with Gasteiger partial charge in [0.1, 0.15) is 0 Å². The van der Waals surface area contributed by atoms with Gasteiger partial charge in [0, 0.05) is 18.1 Å². The van der Waals surface area contributed by atoms with Crippen molar-refractivity contribution in [3.63, 3.8) is 0 Å². The van der Waals surface area contributed by atoms with Crippen molar-refractivity contribution in [1.82, 2.24) is 14.8 Å². The van der Waals surface area contributed by atoms with Crippen molar-refractivity contribution >= 4 is 35.1 Å². The second kappa shape index (κ2) is 5.50. The summed E-state index contributed by atoms with van der Waals surface area (Å²) in [5.74, 6) is 0.989. The number of anilines is 2. The fourth-order valence-corrected chi connectivity index (χ4v) is 2.86. The van der Waals surface area contributed by atoms with Crippen molar-refractivity contribution < 1.29 is 0 Å². The predicted molar refractivity (Wildman–Crippen MR) is 81.9 cm³/mol. The van der Waals surface area contributed by atoms with Crippen LogP contribution in [0.4, 0.5) is 11.9 Å². The Labute approximate surface area is 127 Å². The van der Waals surface area contributed by atoms with Crippen LogP contribution in [0.1, 0.15) is 19.3 Å². The SMILES string of the molecule is Nc1nc(N2CCCCC2)nn1-c1ccc(Cl)cc1Cl. The maximum atomic E-state index is 6.19. The van der Waals surface area contributed by atoms with Gasteiger partial charge in [-0.2, -0.15) is 9.67 Å². The van der Waals surface area contributed by atoms with Crippen LogP contribution >= 0.6 is 23.2 Å². The number of hydrogen-bond donors (Lipinski definition) is 1. The van der Waals surface area contributed by atoms with Crippen LogP contribution in [0.5, 0.6) is 0 Å². The van der Waals surface area contributed by atoms with Crippen molar-refractivity contribution in [2.75, 3.05) is 23.7 Å².